The van der Waals surface area contributed by atoms with Gasteiger partial charge in [-0.3, -0.25) is 9.59 Å². The van der Waals surface area contributed by atoms with Gasteiger partial charge in [0.1, 0.15) is 6.04 Å². The molecule has 1 atom stereocenters. The minimum absolute atomic E-state index is 0.0583. The summed E-state index contributed by atoms with van der Waals surface area (Å²) >= 11 is 3.53. The Morgan fingerprint density at radius 1 is 1.54 bits per heavy atom. The van der Waals surface area contributed by atoms with E-state index in [1.165, 1.54) is 6.92 Å². The first-order valence-electron chi connectivity index (χ1n) is 3.60. The summed E-state index contributed by atoms with van der Waals surface area (Å²) in [5, 5.41) is 8.28. The lowest BCUT2D eigenvalue weighted by atomic mass is 10.2. The number of carboxylic acid groups (broad SMARTS) is 1. The molecule has 0 aliphatic carbocycles. The Kier molecular flexibility index (Phi) is 10.6. The van der Waals surface area contributed by atoms with Crippen molar-refractivity contribution in [3.63, 3.8) is 0 Å². The summed E-state index contributed by atoms with van der Waals surface area (Å²) < 4.78 is 4.48. The molecule has 78 valence electrons. The number of carbonyl (C=O) groups excluding carboxylic acids is 1. The molecule has 6 heteroatoms. The summed E-state index contributed by atoms with van der Waals surface area (Å²) in [6, 6.07) is -0.950. The monoisotopic (exact) mass is 209 g/mol. The van der Waals surface area contributed by atoms with Crippen LogP contribution in [0.25, 0.3) is 0 Å². The molecule has 0 aliphatic heterocycles. The van der Waals surface area contributed by atoms with E-state index in [1.54, 1.807) is 6.26 Å². The molecule has 0 aromatic heterocycles. The lowest BCUT2D eigenvalue weighted by Crippen LogP contribution is -2.31. The molecule has 0 aromatic carbocycles. The summed E-state index contributed by atoms with van der Waals surface area (Å²) in [4.78, 5) is 20.3. The van der Waals surface area contributed by atoms with Crippen molar-refractivity contribution in [2.24, 2.45) is 5.73 Å². The normalized spacial score (nSPS) is 10.8. The number of carbonyl (C=O) groups is 2. The predicted octanol–water partition coefficient (Wildman–Crippen LogP) is -0.102. The second-order valence-corrected chi connectivity index (χ2v) is 2.07. The highest BCUT2D eigenvalue weighted by Gasteiger charge is 2.10. The summed E-state index contributed by atoms with van der Waals surface area (Å²) in [6.07, 6.45) is 1.84. The van der Waals surface area contributed by atoms with Crippen LogP contribution in [0.2, 0.25) is 0 Å². The number of ether oxygens (including phenoxy) is 1. The maximum atomic E-state index is 10.2. The zero-order valence-corrected chi connectivity index (χ0v) is 8.58. The quantitative estimate of drug-likeness (QED) is 0.444. The second-order valence-electron chi connectivity index (χ2n) is 2.07. The maximum Gasteiger partial charge on any atom is 0.320 e. The van der Waals surface area contributed by atoms with Crippen molar-refractivity contribution in [2.45, 2.75) is 19.4 Å². The third kappa shape index (κ3) is 11.2. The SMILES string of the molecule is CC(=O)OCCC(N)C(=O)O.CS. The number of thiol groups is 1. The molecule has 0 spiro atoms. The number of aliphatic carboxylic acids is 1. The van der Waals surface area contributed by atoms with Gasteiger partial charge in [-0.05, 0) is 6.26 Å². The van der Waals surface area contributed by atoms with Crippen molar-refractivity contribution in [1.29, 1.82) is 0 Å². The maximum absolute atomic E-state index is 10.2. The van der Waals surface area contributed by atoms with Crippen molar-refractivity contribution in [2.75, 3.05) is 12.9 Å². The predicted molar refractivity (Wildman–Crippen MR) is 51.8 cm³/mol. The Morgan fingerprint density at radius 3 is 2.31 bits per heavy atom. The van der Waals surface area contributed by atoms with Crippen LogP contribution >= 0.6 is 12.6 Å². The van der Waals surface area contributed by atoms with Crippen molar-refractivity contribution >= 4 is 24.6 Å². The van der Waals surface area contributed by atoms with Gasteiger partial charge in [0, 0.05) is 13.3 Å². The first-order chi connectivity index (χ1) is 6.04. The lowest BCUT2D eigenvalue weighted by Gasteiger charge is -2.04. The number of rotatable bonds is 4. The Bertz CT molecular complexity index is 163. The van der Waals surface area contributed by atoms with Crippen molar-refractivity contribution in [3.05, 3.63) is 0 Å². The van der Waals surface area contributed by atoms with Gasteiger partial charge in [0.2, 0.25) is 0 Å². The molecule has 0 saturated carbocycles. The molecule has 1 unspecified atom stereocenters. The number of hydrogen-bond acceptors (Lipinski definition) is 5. The standard InChI is InChI=1S/C6H11NO4.CH4S/c1-4(8)11-3-2-5(7)6(9)10;1-2/h5H,2-3,7H2,1H3,(H,9,10);2H,1H3. The van der Waals surface area contributed by atoms with Gasteiger partial charge in [0.15, 0.2) is 0 Å². The molecule has 0 saturated heterocycles. The van der Waals surface area contributed by atoms with Gasteiger partial charge in [-0.2, -0.15) is 12.6 Å². The largest absolute Gasteiger partial charge is 0.480 e. The van der Waals surface area contributed by atoms with Gasteiger partial charge in [0.25, 0.3) is 0 Å². The van der Waals surface area contributed by atoms with E-state index in [-0.39, 0.29) is 13.0 Å². The molecule has 5 nitrogen and oxygen atoms in total. The molecule has 0 bridgehead atoms. The van der Waals surface area contributed by atoms with E-state index in [0.717, 1.165) is 0 Å². The zero-order valence-electron chi connectivity index (χ0n) is 7.69. The van der Waals surface area contributed by atoms with E-state index in [9.17, 15) is 9.59 Å². The fraction of sp³-hybridized carbons (Fsp3) is 0.714. The van der Waals surface area contributed by atoms with Gasteiger partial charge in [-0.1, -0.05) is 0 Å². The van der Waals surface area contributed by atoms with Crippen LogP contribution in [0.3, 0.4) is 0 Å². The van der Waals surface area contributed by atoms with Crippen LogP contribution in [0.5, 0.6) is 0 Å². The molecule has 0 aliphatic rings. The molecule has 13 heavy (non-hydrogen) atoms. The minimum atomic E-state index is -1.09. The van der Waals surface area contributed by atoms with Crippen molar-refractivity contribution < 1.29 is 19.4 Å². The molecule has 0 radical (unpaired) electrons. The summed E-state index contributed by atoms with van der Waals surface area (Å²) in [6.45, 7) is 1.31. The molecule has 0 rings (SSSR count). The van der Waals surface area contributed by atoms with Gasteiger partial charge in [-0.15, -0.1) is 0 Å². The molecule has 0 amide bonds. The first-order valence-corrected chi connectivity index (χ1v) is 4.50. The Hall–Kier alpha value is -0.750. The third-order valence-corrected chi connectivity index (χ3v) is 1.05. The Morgan fingerprint density at radius 2 is 2.00 bits per heavy atom. The average molecular weight is 209 g/mol. The van der Waals surface area contributed by atoms with E-state index in [4.69, 9.17) is 10.8 Å². The summed E-state index contributed by atoms with van der Waals surface area (Å²) in [5.41, 5.74) is 5.11. The van der Waals surface area contributed by atoms with Gasteiger partial charge < -0.3 is 15.6 Å². The van der Waals surface area contributed by atoms with Gasteiger partial charge >= 0.3 is 11.9 Å². The van der Waals surface area contributed by atoms with Crippen LogP contribution < -0.4 is 5.73 Å². The van der Waals surface area contributed by atoms with Crippen LogP contribution in [0.15, 0.2) is 0 Å². The molecule has 3 N–H and O–H groups in total. The van der Waals surface area contributed by atoms with Crippen molar-refractivity contribution in [1.82, 2.24) is 0 Å². The van der Waals surface area contributed by atoms with E-state index in [0.29, 0.717) is 0 Å². The fourth-order valence-electron chi connectivity index (χ4n) is 0.453. The average Bonchev–Trinajstić information content (AvgIpc) is 2.07. The van der Waals surface area contributed by atoms with E-state index in [2.05, 4.69) is 17.4 Å². The van der Waals surface area contributed by atoms with Crippen LogP contribution in [0.4, 0.5) is 0 Å². The molecule has 0 fully saturated rings. The van der Waals surface area contributed by atoms with Crippen LogP contribution in [-0.2, 0) is 14.3 Å². The molecular weight excluding hydrogens is 194 g/mol. The number of esters is 1. The summed E-state index contributed by atoms with van der Waals surface area (Å²) in [5.74, 6) is -1.51. The van der Waals surface area contributed by atoms with Gasteiger partial charge in [0.05, 0.1) is 6.61 Å². The number of carboxylic acids is 1. The zero-order chi connectivity index (χ0) is 10.9. The van der Waals surface area contributed by atoms with Crippen LogP contribution in [0.1, 0.15) is 13.3 Å². The van der Waals surface area contributed by atoms with E-state index in [1.807, 2.05) is 0 Å². The topological polar surface area (TPSA) is 89.6 Å². The molecule has 0 heterocycles. The number of nitrogens with two attached hydrogens (primary N) is 1. The Labute approximate surface area is 82.7 Å². The van der Waals surface area contributed by atoms with Crippen LogP contribution in [-0.4, -0.2) is 35.9 Å². The van der Waals surface area contributed by atoms with Gasteiger partial charge in [-0.25, -0.2) is 0 Å². The highest BCUT2D eigenvalue weighted by Crippen LogP contribution is 1.89. The fourth-order valence-corrected chi connectivity index (χ4v) is 0.453. The summed E-state index contributed by atoms with van der Waals surface area (Å²) in [7, 11) is 0. The third-order valence-electron chi connectivity index (χ3n) is 1.05. The lowest BCUT2D eigenvalue weighted by molar-refractivity contribution is -0.144. The first kappa shape index (κ1) is 14.8. The van der Waals surface area contributed by atoms with Crippen LogP contribution in [0, 0.1) is 0 Å². The molecular formula is C7H15NO4S. The molecule has 0 aromatic rings. The number of hydrogen-bond donors (Lipinski definition) is 3. The van der Waals surface area contributed by atoms with Crippen molar-refractivity contribution in [3.8, 4) is 0 Å². The second kappa shape index (κ2) is 9.34. The minimum Gasteiger partial charge on any atom is -0.480 e. The van der Waals surface area contributed by atoms with E-state index >= 15 is 0 Å². The Balaban J connectivity index is 0. The smallest absolute Gasteiger partial charge is 0.320 e. The van der Waals surface area contributed by atoms with E-state index < -0.39 is 18.0 Å². The highest BCUT2D eigenvalue weighted by atomic mass is 32.1. The highest BCUT2D eigenvalue weighted by molar-refractivity contribution is 7.79.